The van der Waals surface area contributed by atoms with Crippen LogP contribution < -0.4 is 10.2 Å². The van der Waals surface area contributed by atoms with Crippen LogP contribution in [0.3, 0.4) is 0 Å². The molecule has 2 saturated heterocycles. The Labute approximate surface area is 169 Å². The monoisotopic (exact) mass is 395 g/mol. The largest absolute Gasteiger partial charge is 0.378 e. The highest BCUT2D eigenvalue weighted by Crippen LogP contribution is 2.20. The van der Waals surface area contributed by atoms with Crippen molar-refractivity contribution in [2.45, 2.75) is 19.5 Å². The number of hydrogen-bond acceptors (Lipinski definition) is 6. The first-order valence-corrected chi connectivity index (χ1v) is 9.92. The van der Waals surface area contributed by atoms with E-state index in [1.54, 1.807) is 17.3 Å². The fourth-order valence-electron chi connectivity index (χ4n) is 3.62. The first kappa shape index (κ1) is 19.3. The molecule has 0 aromatic carbocycles. The van der Waals surface area contributed by atoms with Crippen molar-refractivity contribution in [2.75, 3.05) is 37.7 Å². The zero-order valence-electron chi connectivity index (χ0n) is 16.3. The van der Waals surface area contributed by atoms with E-state index < -0.39 is 0 Å². The Morgan fingerprint density at radius 2 is 2.03 bits per heavy atom. The molecule has 1 atom stereocenters. The van der Waals surface area contributed by atoms with E-state index >= 15 is 0 Å². The maximum Gasteiger partial charge on any atom is 0.225 e. The summed E-state index contributed by atoms with van der Waals surface area (Å²) in [5.74, 6) is 0.494. The molecule has 1 N–H and O–H groups in total. The van der Waals surface area contributed by atoms with Crippen molar-refractivity contribution in [1.82, 2.24) is 20.2 Å². The van der Waals surface area contributed by atoms with Crippen molar-refractivity contribution < 1.29 is 14.3 Å². The van der Waals surface area contributed by atoms with Gasteiger partial charge in [-0.15, -0.1) is 0 Å². The van der Waals surface area contributed by atoms with Gasteiger partial charge >= 0.3 is 0 Å². The highest BCUT2D eigenvalue weighted by Gasteiger charge is 2.34. The number of hydrogen-bond donors (Lipinski definition) is 1. The number of carbonyl (C=O) groups excluding carboxylic acids is 2. The molecule has 0 saturated carbocycles. The van der Waals surface area contributed by atoms with Crippen molar-refractivity contribution in [3.05, 3.63) is 54.0 Å². The Morgan fingerprint density at radius 3 is 2.76 bits per heavy atom. The van der Waals surface area contributed by atoms with Crippen LogP contribution in [0.4, 0.5) is 5.82 Å². The van der Waals surface area contributed by atoms with Crippen LogP contribution in [0.5, 0.6) is 0 Å². The second-order valence-electron chi connectivity index (χ2n) is 7.34. The van der Waals surface area contributed by atoms with Gasteiger partial charge in [0, 0.05) is 45.0 Å². The van der Waals surface area contributed by atoms with Crippen LogP contribution >= 0.6 is 0 Å². The minimum Gasteiger partial charge on any atom is -0.378 e. The van der Waals surface area contributed by atoms with Crippen molar-refractivity contribution in [3.63, 3.8) is 0 Å². The third-order valence-electron chi connectivity index (χ3n) is 5.28. The average molecular weight is 395 g/mol. The van der Waals surface area contributed by atoms with Crippen LogP contribution in [0.15, 0.2) is 42.7 Å². The molecule has 0 aliphatic carbocycles. The van der Waals surface area contributed by atoms with Gasteiger partial charge in [0.25, 0.3) is 0 Å². The first-order chi connectivity index (χ1) is 14.2. The Balaban J connectivity index is 1.27. The molecule has 8 heteroatoms. The fourth-order valence-corrected chi connectivity index (χ4v) is 3.62. The number of nitrogens with one attached hydrogen (secondary N) is 1. The summed E-state index contributed by atoms with van der Waals surface area (Å²) in [6.45, 7) is 4.39. The molecule has 29 heavy (non-hydrogen) atoms. The SMILES string of the molecule is O=C(NCc1ccc(N2CCOCC2)nc1)C1CC(=O)N(Cc2ccccn2)C1. The summed E-state index contributed by atoms with van der Waals surface area (Å²) in [5.41, 5.74) is 1.76. The van der Waals surface area contributed by atoms with Crippen molar-refractivity contribution in [1.29, 1.82) is 0 Å². The molecule has 2 aromatic rings. The number of likely N-dealkylation sites (tertiary alicyclic amines) is 1. The molecule has 2 aliphatic rings. The second-order valence-corrected chi connectivity index (χ2v) is 7.34. The van der Waals surface area contributed by atoms with Gasteiger partial charge < -0.3 is 19.9 Å². The van der Waals surface area contributed by atoms with Gasteiger partial charge in [-0.3, -0.25) is 14.6 Å². The van der Waals surface area contributed by atoms with Gasteiger partial charge in [0.15, 0.2) is 0 Å². The number of pyridine rings is 2. The van der Waals surface area contributed by atoms with Crippen molar-refractivity contribution >= 4 is 17.6 Å². The average Bonchev–Trinajstić information content (AvgIpc) is 3.14. The van der Waals surface area contributed by atoms with Gasteiger partial charge in [0.2, 0.25) is 11.8 Å². The smallest absolute Gasteiger partial charge is 0.225 e. The summed E-state index contributed by atoms with van der Waals surface area (Å²) in [6, 6.07) is 9.57. The van der Waals surface area contributed by atoms with E-state index in [0.717, 1.165) is 43.4 Å². The molecule has 2 aliphatic heterocycles. The normalized spacial score (nSPS) is 19.4. The van der Waals surface area contributed by atoms with Gasteiger partial charge in [-0.2, -0.15) is 0 Å². The third kappa shape index (κ3) is 4.89. The van der Waals surface area contributed by atoms with E-state index in [1.165, 1.54) is 0 Å². The minimum atomic E-state index is -0.327. The Bertz CT molecular complexity index is 837. The van der Waals surface area contributed by atoms with Gasteiger partial charge in [-0.25, -0.2) is 4.98 Å². The summed E-state index contributed by atoms with van der Waals surface area (Å²) in [6.07, 6.45) is 3.74. The number of carbonyl (C=O) groups is 2. The number of anilines is 1. The molecular weight excluding hydrogens is 370 g/mol. The molecule has 2 amide bonds. The predicted octanol–water partition coefficient (Wildman–Crippen LogP) is 0.978. The van der Waals surface area contributed by atoms with E-state index in [1.807, 2.05) is 30.3 Å². The lowest BCUT2D eigenvalue weighted by atomic mass is 10.1. The number of nitrogens with zero attached hydrogens (tertiary/aromatic N) is 4. The molecule has 0 radical (unpaired) electrons. The van der Waals surface area contributed by atoms with Crippen molar-refractivity contribution in [3.8, 4) is 0 Å². The highest BCUT2D eigenvalue weighted by molar-refractivity contribution is 5.89. The van der Waals surface area contributed by atoms with Crippen LogP contribution in [0.1, 0.15) is 17.7 Å². The van der Waals surface area contributed by atoms with E-state index in [2.05, 4.69) is 20.2 Å². The number of morpholine rings is 1. The molecule has 8 nitrogen and oxygen atoms in total. The lowest BCUT2D eigenvalue weighted by Crippen LogP contribution is -2.36. The second kappa shape index (κ2) is 9.00. The van der Waals surface area contributed by atoms with Crippen LogP contribution in [-0.4, -0.2) is 59.5 Å². The van der Waals surface area contributed by atoms with Gasteiger partial charge in [0.1, 0.15) is 5.82 Å². The maximum atomic E-state index is 12.5. The molecule has 2 fully saturated rings. The minimum absolute atomic E-state index is 0.00710. The van der Waals surface area contributed by atoms with Crippen molar-refractivity contribution in [2.24, 2.45) is 5.92 Å². The summed E-state index contributed by atoms with van der Waals surface area (Å²) in [4.78, 5) is 37.4. The number of amides is 2. The number of aromatic nitrogens is 2. The topological polar surface area (TPSA) is 87.7 Å². The summed E-state index contributed by atoms with van der Waals surface area (Å²) < 4.78 is 5.36. The summed E-state index contributed by atoms with van der Waals surface area (Å²) in [5, 5.41) is 2.94. The Morgan fingerprint density at radius 1 is 1.17 bits per heavy atom. The van der Waals surface area contributed by atoms with Crippen LogP contribution in [0, 0.1) is 5.92 Å². The van der Waals surface area contributed by atoms with Crippen LogP contribution in [0.25, 0.3) is 0 Å². The quantitative estimate of drug-likeness (QED) is 0.785. The molecule has 4 rings (SSSR count). The lowest BCUT2D eigenvalue weighted by molar-refractivity contribution is -0.129. The van der Waals surface area contributed by atoms with Crippen LogP contribution in [0.2, 0.25) is 0 Å². The molecule has 0 spiro atoms. The van der Waals surface area contributed by atoms with E-state index in [4.69, 9.17) is 4.74 Å². The molecule has 152 valence electrons. The zero-order chi connectivity index (χ0) is 20.1. The lowest BCUT2D eigenvalue weighted by Gasteiger charge is -2.27. The summed E-state index contributed by atoms with van der Waals surface area (Å²) >= 11 is 0. The number of ether oxygens (including phenoxy) is 1. The van der Waals surface area contributed by atoms with Gasteiger partial charge in [-0.05, 0) is 23.8 Å². The van der Waals surface area contributed by atoms with E-state index in [9.17, 15) is 9.59 Å². The molecule has 4 heterocycles. The predicted molar refractivity (Wildman–Crippen MR) is 107 cm³/mol. The zero-order valence-corrected chi connectivity index (χ0v) is 16.3. The maximum absolute atomic E-state index is 12.5. The highest BCUT2D eigenvalue weighted by atomic mass is 16.5. The number of rotatable bonds is 6. The van der Waals surface area contributed by atoms with Crippen LogP contribution in [-0.2, 0) is 27.4 Å². The Hall–Kier alpha value is -3.00. The molecular formula is C21H25N5O3. The third-order valence-corrected chi connectivity index (χ3v) is 5.28. The van der Waals surface area contributed by atoms with E-state index in [-0.39, 0.29) is 24.2 Å². The Kier molecular flexibility index (Phi) is 6.00. The molecule has 0 bridgehead atoms. The van der Waals surface area contributed by atoms with Gasteiger partial charge in [0.05, 0.1) is 31.4 Å². The molecule has 1 unspecified atom stereocenters. The summed E-state index contributed by atoms with van der Waals surface area (Å²) in [7, 11) is 0. The fraction of sp³-hybridized carbons (Fsp3) is 0.429. The van der Waals surface area contributed by atoms with E-state index in [0.29, 0.717) is 19.6 Å². The first-order valence-electron chi connectivity index (χ1n) is 9.92. The standard InChI is InChI=1S/C21H25N5O3/c27-20-11-17(14-26(20)15-18-3-1-2-6-22-18)21(28)24-13-16-4-5-19(23-12-16)25-7-9-29-10-8-25/h1-6,12,17H,7-11,13-15H2,(H,24,28). The van der Waals surface area contributed by atoms with Gasteiger partial charge in [-0.1, -0.05) is 12.1 Å². The molecule has 2 aromatic heterocycles.